The second-order valence-electron chi connectivity index (χ2n) is 7.96. The highest BCUT2D eigenvalue weighted by Crippen LogP contribution is 2.31. The normalized spacial score (nSPS) is 16.2. The summed E-state index contributed by atoms with van der Waals surface area (Å²) < 4.78 is 45.5. The van der Waals surface area contributed by atoms with Crippen molar-refractivity contribution in [2.24, 2.45) is 0 Å². The van der Waals surface area contributed by atoms with Crippen molar-refractivity contribution in [3.63, 3.8) is 0 Å². The Morgan fingerprint density at radius 3 is 2.68 bits per heavy atom. The van der Waals surface area contributed by atoms with Crippen molar-refractivity contribution in [2.75, 3.05) is 13.2 Å². The lowest BCUT2D eigenvalue weighted by atomic mass is 10.1. The number of hydrogen-bond acceptors (Lipinski definition) is 5. The summed E-state index contributed by atoms with van der Waals surface area (Å²) in [5, 5.41) is 4.54. The fourth-order valence-electron chi connectivity index (χ4n) is 4.14. The third kappa shape index (κ3) is 4.18. The molecule has 10 heteroatoms. The number of pyridine rings is 3. The predicted molar refractivity (Wildman–Crippen MR) is 117 cm³/mol. The van der Waals surface area contributed by atoms with Crippen molar-refractivity contribution < 1.29 is 22.7 Å². The van der Waals surface area contributed by atoms with Gasteiger partial charge in [-0.05, 0) is 43.2 Å². The lowest BCUT2D eigenvalue weighted by Gasteiger charge is -2.24. The number of amides is 1. The Morgan fingerprint density at radius 1 is 1.09 bits per heavy atom. The van der Waals surface area contributed by atoms with Crippen LogP contribution in [0.25, 0.3) is 16.8 Å². The highest BCUT2D eigenvalue weighted by atomic mass is 19.4. The van der Waals surface area contributed by atoms with Crippen LogP contribution in [0.1, 0.15) is 28.9 Å². The fraction of sp³-hybridized carbons (Fsp3) is 0.250. The average Bonchev–Trinajstić information content (AvgIpc) is 3.47. The predicted octanol–water partition coefficient (Wildman–Crippen LogP) is 4.49. The lowest BCUT2D eigenvalue weighted by Crippen LogP contribution is -2.39. The first-order valence-electron chi connectivity index (χ1n) is 10.8. The van der Waals surface area contributed by atoms with E-state index >= 15 is 0 Å². The molecule has 1 atom stereocenters. The molecule has 174 valence electrons. The summed E-state index contributed by atoms with van der Waals surface area (Å²) in [5.41, 5.74) is 1.52. The Hall–Kier alpha value is -3.95. The van der Waals surface area contributed by atoms with E-state index in [4.69, 9.17) is 4.74 Å². The number of rotatable bonds is 5. The topological polar surface area (TPSA) is 72.6 Å². The molecule has 1 aliphatic heterocycles. The molecule has 4 aromatic heterocycles. The number of aromatic nitrogens is 4. The molecule has 1 saturated heterocycles. The lowest BCUT2D eigenvalue weighted by molar-refractivity contribution is -0.137. The molecule has 0 unspecified atom stereocenters. The van der Waals surface area contributed by atoms with Crippen LogP contribution in [-0.2, 0) is 6.18 Å². The van der Waals surface area contributed by atoms with Gasteiger partial charge in [0.1, 0.15) is 6.61 Å². The van der Waals surface area contributed by atoms with Gasteiger partial charge in [0, 0.05) is 31.2 Å². The van der Waals surface area contributed by atoms with Crippen LogP contribution in [0.4, 0.5) is 13.2 Å². The second-order valence-corrected chi connectivity index (χ2v) is 7.96. The fourth-order valence-corrected chi connectivity index (χ4v) is 4.14. The van der Waals surface area contributed by atoms with E-state index in [0.717, 1.165) is 24.2 Å². The minimum atomic E-state index is -4.46. The molecule has 0 saturated carbocycles. The number of halogens is 3. The zero-order valence-electron chi connectivity index (χ0n) is 17.9. The molecule has 5 heterocycles. The van der Waals surface area contributed by atoms with Crippen LogP contribution >= 0.6 is 0 Å². The maximum atomic E-state index is 13.6. The van der Waals surface area contributed by atoms with Crippen LogP contribution in [0.3, 0.4) is 0 Å². The first-order chi connectivity index (χ1) is 16.4. The Bertz CT molecular complexity index is 1310. The highest BCUT2D eigenvalue weighted by Gasteiger charge is 2.34. The van der Waals surface area contributed by atoms with Crippen LogP contribution in [0.2, 0.25) is 0 Å². The standard InChI is InChI=1S/C24H20F3N5O2/c25-24(26,27)16-9-10-20(29-14-16)34-15-17-6-5-12-31(17)23(33)22-21(18-7-1-3-11-28-18)19-8-2-4-13-32(19)30-22/h1-4,7-11,13-14,17H,5-6,12,15H2/t17-/m0/s1. The van der Waals surface area contributed by atoms with E-state index < -0.39 is 11.7 Å². The largest absolute Gasteiger partial charge is 0.475 e. The number of ether oxygens (including phenoxy) is 1. The van der Waals surface area contributed by atoms with Gasteiger partial charge in [-0.3, -0.25) is 9.78 Å². The van der Waals surface area contributed by atoms with Crippen molar-refractivity contribution in [1.29, 1.82) is 0 Å². The van der Waals surface area contributed by atoms with Crippen LogP contribution < -0.4 is 4.74 Å². The molecule has 4 aromatic rings. The Labute approximate surface area is 192 Å². The van der Waals surface area contributed by atoms with Crippen molar-refractivity contribution >= 4 is 11.4 Å². The number of hydrogen-bond donors (Lipinski definition) is 0. The molecular weight excluding hydrogens is 447 g/mol. The number of carbonyl (C=O) groups excluding carboxylic acids is 1. The Morgan fingerprint density at radius 2 is 1.94 bits per heavy atom. The first kappa shape index (κ1) is 21.9. The molecule has 0 spiro atoms. The summed E-state index contributed by atoms with van der Waals surface area (Å²) in [4.78, 5) is 23.5. The average molecular weight is 467 g/mol. The summed E-state index contributed by atoms with van der Waals surface area (Å²) in [5.74, 6) is -0.162. The first-order valence-corrected chi connectivity index (χ1v) is 10.8. The number of likely N-dealkylation sites (tertiary alicyclic amines) is 1. The minimum Gasteiger partial charge on any atom is -0.475 e. The van der Waals surface area contributed by atoms with E-state index in [0.29, 0.717) is 29.9 Å². The van der Waals surface area contributed by atoms with E-state index in [1.807, 2.05) is 30.3 Å². The molecule has 0 radical (unpaired) electrons. The Balaban J connectivity index is 1.38. The van der Waals surface area contributed by atoms with Gasteiger partial charge in [0.05, 0.1) is 28.4 Å². The van der Waals surface area contributed by atoms with Crippen molar-refractivity contribution in [2.45, 2.75) is 25.1 Å². The van der Waals surface area contributed by atoms with Crippen LogP contribution in [0.15, 0.2) is 67.1 Å². The molecule has 1 aliphatic rings. The van der Waals surface area contributed by atoms with Crippen LogP contribution in [0.5, 0.6) is 5.88 Å². The van der Waals surface area contributed by atoms with Gasteiger partial charge < -0.3 is 9.64 Å². The zero-order valence-corrected chi connectivity index (χ0v) is 17.9. The number of nitrogens with zero attached hydrogens (tertiary/aromatic N) is 5. The van der Waals surface area contributed by atoms with E-state index in [1.54, 1.807) is 27.9 Å². The molecule has 34 heavy (non-hydrogen) atoms. The maximum absolute atomic E-state index is 13.6. The minimum absolute atomic E-state index is 0.0780. The SMILES string of the molecule is O=C(c1nn2ccccc2c1-c1ccccn1)N1CCC[C@H]1COc1ccc(C(F)(F)F)cn1. The number of alkyl halides is 3. The molecular formula is C24H20F3N5O2. The van der Waals surface area contributed by atoms with Crippen molar-refractivity contribution in [1.82, 2.24) is 24.5 Å². The smallest absolute Gasteiger partial charge is 0.417 e. The van der Waals surface area contributed by atoms with E-state index in [-0.39, 0.29) is 24.4 Å². The summed E-state index contributed by atoms with van der Waals surface area (Å²) in [6, 6.07) is 12.9. The van der Waals surface area contributed by atoms with Gasteiger partial charge in [0.15, 0.2) is 5.69 Å². The molecule has 5 rings (SSSR count). The second kappa shape index (κ2) is 8.77. The third-order valence-electron chi connectivity index (χ3n) is 5.79. The van der Waals surface area contributed by atoms with E-state index in [2.05, 4.69) is 15.1 Å². The monoisotopic (exact) mass is 467 g/mol. The quantitative estimate of drug-likeness (QED) is 0.432. The Kier molecular flexibility index (Phi) is 5.64. The molecule has 1 fully saturated rings. The van der Waals surface area contributed by atoms with Gasteiger partial charge in [-0.15, -0.1) is 0 Å². The zero-order chi connectivity index (χ0) is 23.7. The number of fused-ring (bicyclic) bond motifs is 1. The maximum Gasteiger partial charge on any atom is 0.417 e. The van der Waals surface area contributed by atoms with Gasteiger partial charge in [-0.25, -0.2) is 9.50 Å². The number of carbonyl (C=O) groups is 1. The van der Waals surface area contributed by atoms with Gasteiger partial charge >= 0.3 is 6.18 Å². The van der Waals surface area contributed by atoms with E-state index in [1.165, 1.54) is 6.07 Å². The highest BCUT2D eigenvalue weighted by molar-refractivity contribution is 6.03. The molecule has 1 amide bonds. The molecule has 0 aliphatic carbocycles. The van der Waals surface area contributed by atoms with Gasteiger partial charge in [0.25, 0.3) is 5.91 Å². The van der Waals surface area contributed by atoms with E-state index in [9.17, 15) is 18.0 Å². The summed E-state index contributed by atoms with van der Waals surface area (Å²) >= 11 is 0. The van der Waals surface area contributed by atoms with Crippen LogP contribution in [0, 0.1) is 0 Å². The van der Waals surface area contributed by atoms with Crippen molar-refractivity contribution in [3.05, 3.63) is 78.4 Å². The van der Waals surface area contributed by atoms with Gasteiger partial charge in [0.2, 0.25) is 5.88 Å². The van der Waals surface area contributed by atoms with Crippen LogP contribution in [-0.4, -0.2) is 49.6 Å². The summed E-state index contributed by atoms with van der Waals surface area (Å²) in [6.07, 6.45) is 1.21. The van der Waals surface area contributed by atoms with Crippen molar-refractivity contribution in [3.8, 4) is 17.1 Å². The molecule has 0 bridgehead atoms. The van der Waals surface area contributed by atoms with Gasteiger partial charge in [-0.2, -0.15) is 18.3 Å². The van der Waals surface area contributed by atoms with Gasteiger partial charge in [-0.1, -0.05) is 12.1 Å². The molecule has 0 aromatic carbocycles. The third-order valence-corrected chi connectivity index (χ3v) is 5.79. The summed E-state index contributed by atoms with van der Waals surface area (Å²) in [7, 11) is 0. The molecule has 7 nitrogen and oxygen atoms in total. The summed E-state index contributed by atoms with van der Waals surface area (Å²) in [6.45, 7) is 0.652. The molecule has 0 N–H and O–H groups in total.